The molecule has 322 valence electrons. The zero-order valence-electron chi connectivity index (χ0n) is 36.5. The molecule has 0 spiro atoms. The standard InChI is InChI=1S/C50H87NO5/c1-4-7-10-13-16-19-22-23-24-25-26-28-31-34-37-40-43-50(55)56-46(41-38-35-32-29-27-20-17-14-11-8-5-2)44-49(54)51-47(45-52)48(53)42-39-36-33-30-21-18-15-12-9-6-3/h7,10,16,19,23-24,26,28-29,32,34,37,46-48,52-53H,4-6,8-9,11-15,17-18,20-22,25,27,30-31,33,35-36,38-45H2,1-3H3,(H,51,54)/b10-7+,19-16+,24-23+,28-26+,32-29-,37-34+. The van der Waals surface area contributed by atoms with Crippen LogP contribution in [0.2, 0.25) is 0 Å². The van der Waals surface area contributed by atoms with Crippen molar-refractivity contribution < 1.29 is 24.5 Å². The number of carbonyl (C=O) groups excluding carboxylic acids is 2. The van der Waals surface area contributed by atoms with Crippen LogP contribution in [-0.2, 0) is 14.3 Å². The van der Waals surface area contributed by atoms with Gasteiger partial charge in [-0.05, 0) is 77.0 Å². The Balaban J connectivity index is 4.74. The van der Waals surface area contributed by atoms with Crippen molar-refractivity contribution in [3.8, 4) is 0 Å². The zero-order valence-corrected chi connectivity index (χ0v) is 36.5. The first kappa shape index (κ1) is 53.3. The number of aliphatic hydroxyl groups is 2. The maximum absolute atomic E-state index is 13.1. The van der Waals surface area contributed by atoms with E-state index in [9.17, 15) is 19.8 Å². The van der Waals surface area contributed by atoms with Crippen LogP contribution in [-0.4, -0.2) is 46.9 Å². The number of rotatable bonds is 40. The fraction of sp³-hybridized carbons (Fsp3) is 0.720. The van der Waals surface area contributed by atoms with Crippen LogP contribution in [0.25, 0.3) is 0 Å². The lowest BCUT2D eigenvalue weighted by Gasteiger charge is -2.24. The number of hydrogen-bond acceptors (Lipinski definition) is 5. The largest absolute Gasteiger partial charge is 0.462 e. The van der Waals surface area contributed by atoms with Crippen LogP contribution in [0, 0.1) is 0 Å². The summed E-state index contributed by atoms with van der Waals surface area (Å²) < 4.78 is 5.84. The smallest absolute Gasteiger partial charge is 0.306 e. The Kier molecular flexibility index (Phi) is 41.3. The van der Waals surface area contributed by atoms with Crippen molar-refractivity contribution in [1.29, 1.82) is 0 Å². The van der Waals surface area contributed by atoms with E-state index in [0.29, 0.717) is 19.3 Å². The molecule has 6 heteroatoms. The predicted octanol–water partition coefficient (Wildman–Crippen LogP) is 13.4. The van der Waals surface area contributed by atoms with E-state index in [-0.39, 0.29) is 31.3 Å². The fourth-order valence-electron chi connectivity index (χ4n) is 6.54. The van der Waals surface area contributed by atoms with Gasteiger partial charge in [-0.15, -0.1) is 0 Å². The maximum Gasteiger partial charge on any atom is 0.306 e. The van der Waals surface area contributed by atoms with E-state index in [2.05, 4.69) is 92.9 Å². The van der Waals surface area contributed by atoms with Gasteiger partial charge >= 0.3 is 5.97 Å². The molecular weight excluding hydrogens is 695 g/mol. The van der Waals surface area contributed by atoms with Crippen LogP contribution in [0.4, 0.5) is 0 Å². The van der Waals surface area contributed by atoms with Crippen molar-refractivity contribution in [3.05, 3.63) is 72.9 Å². The van der Waals surface area contributed by atoms with Gasteiger partial charge in [0, 0.05) is 6.42 Å². The average Bonchev–Trinajstić information content (AvgIpc) is 3.19. The van der Waals surface area contributed by atoms with E-state index in [4.69, 9.17) is 4.74 Å². The Morgan fingerprint density at radius 2 is 0.982 bits per heavy atom. The lowest BCUT2D eigenvalue weighted by molar-refractivity contribution is -0.150. The quantitative estimate of drug-likeness (QED) is 0.0327. The van der Waals surface area contributed by atoms with E-state index in [1.807, 2.05) is 6.08 Å². The molecule has 0 saturated carbocycles. The summed E-state index contributed by atoms with van der Waals surface area (Å²) in [6.45, 7) is 6.30. The Hall–Kier alpha value is -2.70. The average molecular weight is 782 g/mol. The molecule has 0 fully saturated rings. The number of nitrogens with one attached hydrogen (secondary N) is 1. The highest BCUT2D eigenvalue weighted by Gasteiger charge is 2.23. The van der Waals surface area contributed by atoms with Crippen LogP contribution in [0.3, 0.4) is 0 Å². The normalized spacial score (nSPS) is 14.0. The number of esters is 1. The molecule has 0 aliphatic heterocycles. The van der Waals surface area contributed by atoms with Crippen LogP contribution in [0.1, 0.15) is 207 Å². The van der Waals surface area contributed by atoms with E-state index in [1.165, 1.54) is 83.5 Å². The number of allylic oxidation sites excluding steroid dienone is 12. The molecule has 0 aliphatic carbocycles. The number of hydrogen-bond donors (Lipinski definition) is 3. The van der Waals surface area contributed by atoms with Gasteiger partial charge in [-0.25, -0.2) is 0 Å². The first-order chi connectivity index (χ1) is 27.5. The van der Waals surface area contributed by atoms with Gasteiger partial charge in [0.05, 0.1) is 25.2 Å². The summed E-state index contributed by atoms with van der Waals surface area (Å²) in [4.78, 5) is 25.9. The zero-order chi connectivity index (χ0) is 41.0. The molecule has 0 aliphatic rings. The molecule has 3 unspecified atom stereocenters. The summed E-state index contributed by atoms with van der Waals surface area (Å²) in [5, 5.41) is 23.6. The van der Waals surface area contributed by atoms with Crippen LogP contribution in [0.15, 0.2) is 72.9 Å². The third kappa shape index (κ3) is 38.2. The molecule has 0 aromatic carbocycles. The van der Waals surface area contributed by atoms with E-state index >= 15 is 0 Å². The number of amides is 1. The molecule has 0 aromatic rings. The van der Waals surface area contributed by atoms with Crippen molar-refractivity contribution in [2.24, 2.45) is 0 Å². The minimum atomic E-state index is -0.806. The molecule has 0 radical (unpaired) electrons. The second-order valence-electron chi connectivity index (χ2n) is 15.4. The van der Waals surface area contributed by atoms with E-state index in [0.717, 1.165) is 70.6 Å². The topological polar surface area (TPSA) is 95.9 Å². The number of unbranched alkanes of at least 4 members (excludes halogenated alkanes) is 16. The Morgan fingerprint density at radius 3 is 1.50 bits per heavy atom. The number of ether oxygens (including phenoxy) is 1. The highest BCUT2D eigenvalue weighted by atomic mass is 16.5. The van der Waals surface area contributed by atoms with Crippen molar-refractivity contribution in [2.75, 3.05) is 6.61 Å². The predicted molar refractivity (Wildman–Crippen MR) is 241 cm³/mol. The molecule has 0 aromatic heterocycles. The summed E-state index contributed by atoms with van der Waals surface area (Å²) in [5.74, 6) is -0.609. The summed E-state index contributed by atoms with van der Waals surface area (Å²) in [6.07, 6.45) is 54.0. The molecular formula is C50H87NO5. The van der Waals surface area contributed by atoms with Gasteiger partial charge in [0.15, 0.2) is 0 Å². The third-order valence-corrected chi connectivity index (χ3v) is 10.0. The first-order valence-electron chi connectivity index (χ1n) is 23.2. The minimum Gasteiger partial charge on any atom is -0.462 e. The highest BCUT2D eigenvalue weighted by molar-refractivity contribution is 5.77. The van der Waals surface area contributed by atoms with Crippen molar-refractivity contribution in [2.45, 2.75) is 225 Å². The molecule has 6 nitrogen and oxygen atoms in total. The van der Waals surface area contributed by atoms with Gasteiger partial charge in [-0.1, -0.05) is 190 Å². The number of carbonyl (C=O) groups is 2. The lowest BCUT2D eigenvalue weighted by atomic mass is 10.0. The molecule has 0 saturated heterocycles. The van der Waals surface area contributed by atoms with Crippen LogP contribution < -0.4 is 5.32 Å². The SMILES string of the molecule is CC/C=C/C/C=C/C/C=C/C/C=C/C/C=C/CCC(=O)OC(CCC/C=C\CCCCCCCC)CC(=O)NC(CO)C(O)CCCCCCCCCCCC. The summed E-state index contributed by atoms with van der Waals surface area (Å²) in [6, 6.07) is -0.724. The number of aliphatic hydroxyl groups excluding tert-OH is 2. The van der Waals surface area contributed by atoms with Gasteiger partial charge in [-0.2, -0.15) is 0 Å². The molecule has 3 atom stereocenters. The Morgan fingerprint density at radius 1 is 0.536 bits per heavy atom. The molecule has 0 rings (SSSR count). The van der Waals surface area contributed by atoms with Crippen LogP contribution >= 0.6 is 0 Å². The van der Waals surface area contributed by atoms with Crippen molar-refractivity contribution in [3.63, 3.8) is 0 Å². The second-order valence-corrected chi connectivity index (χ2v) is 15.4. The van der Waals surface area contributed by atoms with Crippen molar-refractivity contribution >= 4 is 11.9 Å². The van der Waals surface area contributed by atoms with Crippen LogP contribution in [0.5, 0.6) is 0 Å². The van der Waals surface area contributed by atoms with Gasteiger partial charge in [0.25, 0.3) is 0 Å². The summed E-state index contributed by atoms with van der Waals surface area (Å²) >= 11 is 0. The van der Waals surface area contributed by atoms with E-state index in [1.54, 1.807) is 0 Å². The molecule has 56 heavy (non-hydrogen) atoms. The van der Waals surface area contributed by atoms with Crippen molar-refractivity contribution in [1.82, 2.24) is 5.32 Å². The third-order valence-electron chi connectivity index (χ3n) is 10.0. The molecule has 3 N–H and O–H groups in total. The lowest BCUT2D eigenvalue weighted by Crippen LogP contribution is -2.46. The Bertz CT molecular complexity index is 1060. The summed E-state index contributed by atoms with van der Waals surface area (Å²) in [5.41, 5.74) is 0. The second kappa shape index (κ2) is 43.4. The maximum atomic E-state index is 13.1. The monoisotopic (exact) mass is 782 g/mol. The summed E-state index contributed by atoms with van der Waals surface area (Å²) in [7, 11) is 0. The first-order valence-corrected chi connectivity index (χ1v) is 23.2. The van der Waals surface area contributed by atoms with Gasteiger partial charge in [0.1, 0.15) is 6.10 Å². The molecule has 0 bridgehead atoms. The minimum absolute atomic E-state index is 0.0242. The van der Waals surface area contributed by atoms with Gasteiger partial charge in [-0.3, -0.25) is 9.59 Å². The van der Waals surface area contributed by atoms with Gasteiger partial charge < -0.3 is 20.3 Å². The highest BCUT2D eigenvalue weighted by Crippen LogP contribution is 2.16. The molecule has 1 amide bonds. The van der Waals surface area contributed by atoms with Gasteiger partial charge in [0.2, 0.25) is 5.91 Å². The molecule has 0 heterocycles. The Labute approximate surface area is 345 Å². The fourth-order valence-corrected chi connectivity index (χ4v) is 6.54. The van der Waals surface area contributed by atoms with E-state index < -0.39 is 18.2 Å².